The second kappa shape index (κ2) is 10.3. The summed E-state index contributed by atoms with van der Waals surface area (Å²) >= 11 is 0. The molecule has 1 aromatic rings. The lowest BCUT2D eigenvalue weighted by Gasteiger charge is -2.22. The number of hydrogen-bond donors (Lipinski definition) is 2. The summed E-state index contributed by atoms with van der Waals surface area (Å²) in [4.78, 5) is 34.9. The molecular formula is C18H24N2O5. The summed E-state index contributed by atoms with van der Waals surface area (Å²) in [5.74, 6) is -0.545. The summed E-state index contributed by atoms with van der Waals surface area (Å²) in [6.45, 7) is -0.325. The van der Waals surface area contributed by atoms with Crippen LogP contribution in [0.3, 0.4) is 0 Å². The van der Waals surface area contributed by atoms with Gasteiger partial charge in [0.25, 0.3) is 5.91 Å². The fourth-order valence-corrected chi connectivity index (χ4v) is 2.62. The number of ether oxygens (including phenoxy) is 2. The van der Waals surface area contributed by atoms with Crippen LogP contribution in [0.25, 0.3) is 0 Å². The molecule has 136 valence electrons. The van der Waals surface area contributed by atoms with E-state index in [0.717, 1.165) is 25.7 Å². The number of para-hydroxylation sites is 1. The first kappa shape index (κ1) is 18.8. The van der Waals surface area contributed by atoms with E-state index >= 15 is 0 Å². The lowest BCUT2D eigenvalue weighted by Crippen LogP contribution is -2.46. The van der Waals surface area contributed by atoms with Crippen LogP contribution in [0.4, 0.5) is 4.79 Å². The second-order valence-corrected chi connectivity index (χ2v) is 5.93. The van der Waals surface area contributed by atoms with E-state index in [2.05, 4.69) is 10.6 Å². The Labute approximate surface area is 147 Å². The van der Waals surface area contributed by atoms with Gasteiger partial charge < -0.3 is 14.8 Å². The number of urea groups is 1. The molecule has 1 aliphatic rings. The third-order valence-electron chi connectivity index (χ3n) is 3.88. The molecule has 0 radical (unpaired) electrons. The number of nitrogens with one attached hydrogen (secondary N) is 2. The van der Waals surface area contributed by atoms with Gasteiger partial charge in [0, 0.05) is 6.04 Å². The van der Waals surface area contributed by atoms with Crippen molar-refractivity contribution in [2.75, 3.05) is 13.2 Å². The predicted octanol–water partition coefficient (Wildman–Crippen LogP) is 2.16. The van der Waals surface area contributed by atoms with Crippen molar-refractivity contribution in [1.29, 1.82) is 0 Å². The summed E-state index contributed by atoms with van der Waals surface area (Å²) in [5, 5.41) is 4.93. The Morgan fingerprint density at radius 2 is 1.76 bits per heavy atom. The summed E-state index contributed by atoms with van der Waals surface area (Å²) in [6.07, 6.45) is 5.23. The van der Waals surface area contributed by atoms with Crippen LogP contribution in [-0.4, -0.2) is 37.2 Å². The van der Waals surface area contributed by atoms with Crippen molar-refractivity contribution < 1.29 is 23.9 Å². The second-order valence-electron chi connectivity index (χ2n) is 5.93. The van der Waals surface area contributed by atoms with E-state index in [0.29, 0.717) is 5.75 Å². The molecule has 25 heavy (non-hydrogen) atoms. The molecule has 3 amide bonds. The maximum absolute atomic E-state index is 11.7. The molecule has 0 spiro atoms. The zero-order valence-electron chi connectivity index (χ0n) is 14.2. The van der Waals surface area contributed by atoms with Crippen LogP contribution in [0, 0.1) is 0 Å². The highest BCUT2D eigenvalue weighted by Crippen LogP contribution is 2.17. The minimum absolute atomic E-state index is 0.0243. The fourth-order valence-electron chi connectivity index (χ4n) is 2.62. The van der Waals surface area contributed by atoms with Crippen molar-refractivity contribution in [3.05, 3.63) is 30.3 Å². The first-order chi connectivity index (χ1) is 12.1. The van der Waals surface area contributed by atoms with Gasteiger partial charge in [-0.25, -0.2) is 4.79 Å². The zero-order chi connectivity index (χ0) is 17.9. The molecule has 1 saturated carbocycles. The maximum atomic E-state index is 11.7. The van der Waals surface area contributed by atoms with E-state index in [1.807, 2.05) is 18.2 Å². The van der Waals surface area contributed by atoms with Gasteiger partial charge in [-0.15, -0.1) is 0 Å². The lowest BCUT2D eigenvalue weighted by molar-refractivity contribution is -0.148. The van der Waals surface area contributed by atoms with Gasteiger partial charge in [0.2, 0.25) is 0 Å². The van der Waals surface area contributed by atoms with Crippen LogP contribution in [0.15, 0.2) is 30.3 Å². The van der Waals surface area contributed by atoms with Crippen molar-refractivity contribution in [1.82, 2.24) is 10.6 Å². The number of amides is 3. The first-order valence-electron chi connectivity index (χ1n) is 8.57. The van der Waals surface area contributed by atoms with E-state index in [1.54, 1.807) is 12.1 Å². The average molecular weight is 348 g/mol. The Balaban J connectivity index is 1.55. The topological polar surface area (TPSA) is 93.7 Å². The number of rotatable bonds is 7. The Bertz CT molecular complexity index is 570. The summed E-state index contributed by atoms with van der Waals surface area (Å²) < 4.78 is 10.2. The van der Waals surface area contributed by atoms with Crippen LogP contribution in [0.2, 0.25) is 0 Å². The quantitative estimate of drug-likeness (QED) is 0.737. The van der Waals surface area contributed by atoms with Gasteiger partial charge >= 0.3 is 12.0 Å². The van der Waals surface area contributed by atoms with E-state index in [4.69, 9.17) is 9.47 Å². The molecule has 0 unspecified atom stereocenters. The van der Waals surface area contributed by atoms with Gasteiger partial charge in [-0.3, -0.25) is 14.9 Å². The summed E-state index contributed by atoms with van der Waals surface area (Å²) in [7, 11) is 0. The number of carbonyl (C=O) groups is 3. The zero-order valence-corrected chi connectivity index (χ0v) is 14.2. The van der Waals surface area contributed by atoms with Gasteiger partial charge in [-0.1, -0.05) is 37.5 Å². The van der Waals surface area contributed by atoms with Crippen LogP contribution in [-0.2, 0) is 14.3 Å². The largest absolute Gasteiger partial charge is 0.493 e. The van der Waals surface area contributed by atoms with Crippen molar-refractivity contribution in [2.24, 2.45) is 0 Å². The van der Waals surface area contributed by atoms with Gasteiger partial charge in [0.05, 0.1) is 13.0 Å². The molecule has 0 saturated heterocycles. The Kier molecular flexibility index (Phi) is 7.75. The molecule has 2 N–H and O–H groups in total. The third-order valence-corrected chi connectivity index (χ3v) is 3.88. The number of carbonyl (C=O) groups excluding carboxylic acids is 3. The molecule has 7 nitrogen and oxygen atoms in total. The first-order valence-corrected chi connectivity index (χ1v) is 8.57. The monoisotopic (exact) mass is 348 g/mol. The number of esters is 1. The number of hydrogen-bond acceptors (Lipinski definition) is 5. The Hall–Kier alpha value is -2.57. The molecule has 0 atom stereocenters. The molecule has 1 fully saturated rings. The highest BCUT2D eigenvalue weighted by molar-refractivity contribution is 5.95. The van der Waals surface area contributed by atoms with Crippen molar-refractivity contribution in [3.8, 4) is 5.75 Å². The smallest absolute Gasteiger partial charge is 0.321 e. The molecule has 2 rings (SSSR count). The van der Waals surface area contributed by atoms with Gasteiger partial charge in [-0.05, 0) is 25.0 Å². The molecule has 1 aliphatic carbocycles. The average Bonchev–Trinajstić information content (AvgIpc) is 2.61. The normalized spacial score (nSPS) is 14.4. The summed E-state index contributed by atoms with van der Waals surface area (Å²) in [6, 6.07) is 8.66. The molecule has 0 aromatic heterocycles. The SMILES string of the molecule is O=C(COC(=O)CCOc1ccccc1)NC(=O)NC1CCCCC1. The predicted molar refractivity (Wildman–Crippen MR) is 91.1 cm³/mol. The fraction of sp³-hybridized carbons (Fsp3) is 0.500. The number of benzene rings is 1. The number of imide groups is 1. The van der Waals surface area contributed by atoms with Gasteiger partial charge in [0.1, 0.15) is 5.75 Å². The highest BCUT2D eigenvalue weighted by atomic mass is 16.5. The third kappa shape index (κ3) is 7.69. The molecule has 0 bridgehead atoms. The van der Waals surface area contributed by atoms with Crippen molar-refractivity contribution in [2.45, 2.75) is 44.6 Å². The Morgan fingerprint density at radius 1 is 1.04 bits per heavy atom. The minimum atomic E-state index is -0.648. The minimum Gasteiger partial charge on any atom is -0.493 e. The van der Waals surface area contributed by atoms with E-state index in [1.165, 1.54) is 6.42 Å². The summed E-state index contributed by atoms with van der Waals surface area (Å²) in [5.41, 5.74) is 0. The molecular weight excluding hydrogens is 324 g/mol. The molecule has 1 aromatic carbocycles. The maximum Gasteiger partial charge on any atom is 0.321 e. The van der Waals surface area contributed by atoms with Gasteiger partial charge in [-0.2, -0.15) is 0 Å². The highest BCUT2D eigenvalue weighted by Gasteiger charge is 2.17. The van der Waals surface area contributed by atoms with Crippen LogP contribution < -0.4 is 15.4 Å². The van der Waals surface area contributed by atoms with Crippen molar-refractivity contribution in [3.63, 3.8) is 0 Å². The van der Waals surface area contributed by atoms with Crippen LogP contribution in [0.1, 0.15) is 38.5 Å². The standard InChI is InChI=1S/C18H24N2O5/c21-16(20-18(23)19-14-7-3-1-4-8-14)13-25-17(22)11-12-24-15-9-5-2-6-10-15/h2,5-6,9-10,14H,1,3-4,7-8,11-13H2,(H2,19,20,21,23). The lowest BCUT2D eigenvalue weighted by atomic mass is 9.96. The van der Waals surface area contributed by atoms with Crippen molar-refractivity contribution >= 4 is 17.9 Å². The van der Waals surface area contributed by atoms with E-state index in [9.17, 15) is 14.4 Å². The van der Waals surface area contributed by atoms with Crippen LogP contribution in [0.5, 0.6) is 5.75 Å². The van der Waals surface area contributed by atoms with Crippen LogP contribution >= 0.6 is 0 Å². The molecule has 0 aliphatic heterocycles. The molecule has 0 heterocycles. The van der Waals surface area contributed by atoms with E-state index in [-0.39, 0.29) is 19.1 Å². The Morgan fingerprint density at radius 3 is 2.48 bits per heavy atom. The van der Waals surface area contributed by atoms with E-state index < -0.39 is 24.5 Å². The molecule has 7 heteroatoms. The van der Waals surface area contributed by atoms with Gasteiger partial charge in [0.15, 0.2) is 6.61 Å².